The Balaban J connectivity index is 2.70. The normalized spacial score (nSPS) is 11.5. The van der Waals surface area contributed by atoms with Crippen molar-refractivity contribution in [2.45, 2.75) is 18.0 Å². The van der Waals surface area contributed by atoms with Gasteiger partial charge in [-0.2, -0.15) is 0 Å². The van der Waals surface area contributed by atoms with E-state index in [4.69, 9.17) is 5.11 Å². The van der Waals surface area contributed by atoms with Gasteiger partial charge in [0.25, 0.3) is 0 Å². The predicted molar refractivity (Wildman–Crippen MR) is 69.3 cm³/mol. The Morgan fingerprint density at radius 2 is 2.20 bits per heavy atom. The number of carboxylic acid groups (broad SMARTS) is 1. The van der Waals surface area contributed by atoms with Crippen molar-refractivity contribution in [1.29, 1.82) is 0 Å². The predicted octanol–water partition coefficient (Wildman–Crippen LogP) is -0.0554. The van der Waals surface area contributed by atoms with E-state index in [1.165, 1.54) is 26.3 Å². The number of aromatic nitrogens is 2. The van der Waals surface area contributed by atoms with E-state index >= 15 is 0 Å². The van der Waals surface area contributed by atoms with Crippen molar-refractivity contribution >= 4 is 29.6 Å². The number of esters is 1. The molecule has 1 rings (SSSR count). The molecule has 1 atom stereocenters. The van der Waals surface area contributed by atoms with Crippen LogP contribution in [0.25, 0.3) is 0 Å². The molecule has 0 spiro atoms. The number of rotatable bonds is 6. The summed E-state index contributed by atoms with van der Waals surface area (Å²) in [6.07, 6.45) is 1.37. The fraction of sp³-hybridized carbons (Fsp3) is 0.364. The smallest absolute Gasteiger partial charge is 0.376 e. The zero-order chi connectivity index (χ0) is 15.1. The minimum atomic E-state index is -1.14. The second kappa shape index (κ2) is 7.43. The highest BCUT2D eigenvalue weighted by Gasteiger charge is 2.19. The third-order valence-corrected chi connectivity index (χ3v) is 3.09. The number of hydrogen-bond acceptors (Lipinski definition) is 7. The Bertz CT molecular complexity index is 523. The third kappa shape index (κ3) is 4.84. The van der Waals surface area contributed by atoms with Gasteiger partial charge in [-0.05, 0) is 6.07 Å². The van der Waals surface area contributed by atoms with Gasteiger partial charge in [0.1, 0.15) is 11.1 Å². The number of ether oxygens (including phenoxy) is 1. The van der Waals surface area contributed by atoms with E-state index in [1.54, 1.807) is 0 Å². The molecule has 0 bridgehead atoms. The van der Waals surface area contributed by atoms with Crippen LogP contribution in [0, 0.1) is 0 Å². The van der Waals surface area contributed by atoms with Gasteiger partial charge >= 0.3 is 11.9 Å². The van der Waals surface area contributed by atoms with Gasteiger partial charge in [0.15, 0.2) is 0 Å². The number of hydrogen-bond donors (Lipinski definition) is 2. The van der Waals surface area contributed by atoms with Crippen LogP contribution >= 0.6 is 11.8 Å². The molecule has 0 saturated carbocycles. The standard InChI is InChI=1S/C11H13N3O5S/c1-6(15)13-7(10(16)17)5-20-8-3-4-12-9(14-8)11(18)19-2/h3-4,7H,5H2,1-2H3,(H,13,15)(H,16,17). The maximum absolute atomic E-state index is 11.2. The summed E-state index contributed by atoms with van der Waals surface area (Å²) < 4.78 is 4.48. The minimum Gasteiger partial charge on any atom is -0.480 e. The highest BCUT2D eigenvalue weighted by atomic mass is 32.2. The van der Waals surface area contributed by atoms with Crippen LogP contribution in [0.1, 0.15) is 17.5 Å². The number of nitrogens with one attached hydrogen (secondary N) is 1. The molecular weight excluding hydrogens is 286 g/mol. The van der Waals surface area contributed by atoms with Crippen molar-refractivity contribution in [2.24, 2.45) is 0 Å². The molecule has 1 aromatic rings. The molecule has 1 unspecified atom stereocenters. The largest absolute Gasteiger partial charge is 0.480 e. The molecule has 108 valence electrons. The van der Waals surface area contributed by atoms with Crippen LogP contribution in [0.5, 0.6) is 0 Å². The van der Waals surface area contributed by atoms with Crippen molar-refractivity contribution in [3.8, 4) is 0 Å². The second-order valence-electron chi connectivity index (χ2n) is 3.61. The number of aliphatic carboxylic acids is 1. The molecule has 8 nitrogen and oxygen atoms in total. The van der Waals surface area contributed by atoms with E-state index in [0.29, 0.717) is 5.03 Å². The molecule has 0 aromatic carbocycles. The summed E-state index contributed by atoms with van der Waals surface area (Å²) in [6.45, 7) is 1.24. The van der Waals surface area contributed by atoms with Gasteiger partial charge in [-0.1, -0.05) is 0 Å². The van der Waals surface area contributed by atoms with E-state index in [-0.39, 0.29) is 11.6 Å². The van der Waals surface area contributed by atoms with Crippen LogP contribution in [0.3, 0.4) is 0 Å². The molecule has 0 aliphatic carbocycles. The van der Waals surface area contributed by atoms with Crippen molar-refractivity contribution in [3.63, 3.8) is 0 Å². The average Bonchev–Trinajstić information content (AvgIpc) is 2.42. The second-order valence-corrected chi connectivity index (χ2v) is 4.65. The molecular formula is C11H13N3O5S. The number of thioether (sulfide) groups is 1. The van der Waals surface area contributed by atoms with Gasteiger partial charge in [-0.25, -0.2) is 19.6 Å². The topological polar surface area (TPSA) is 118 Å². The summed E-state index contributed by atoms with van der Waals surface area (Å²) in [4.78, 5) is 40.7. The Hall–Kier alpha value is -2.16. The van der Waals surface area contributed by atoms with Crippen molar-refractivity contribution in [3.05, 3.63) is 18.1 Å². The first-order valence-electron chi connectivity index (χ1n) is 5.48. The number of amides is 1. The quantitative estimate of drug-likeness (QED) is 0.426. The minimum absolute atomic E-state index is 0.0759. The van der Waals surface area contributed by atoms with Crippen molar-refractivity contribution in [1.82, 2.24) is 15.3 Å². The molecule has 0 radical (unpaired) electrons. The number of nitrogens with zero attached hydrogens (tertiary/aromatic N) is 2. The average molecular weight is 299 g/mol. The fourth-order valence-electron chi connectivity index (χ4n) is 1.20. The van der Waals surface area contributed by atoms with Gasteiger partial charge in [-0.3, -0.25) is 4.79 Å². The fourth-order valence-corrected chi connectivity index (χ4v) is 2.07. The molecule has 1 heterocycles. The maximum Gasteiger partial charge on any atom is 0.376 e. The summed E-state index contributed by atoms with van der Waals surface area (Å²) in [7, 11) is 1.21. The van der Waals surface area contributed by atoms with E-state index in [2.05, 4.69) is 20.0 Å². The summed E-state index contributed by atoms with van der Waals surface area (Å²) in [5.41, 5.74) is 0. The summed E-state index contributed by atoms with van der Waals surface area (Å²) in [6, 6.07) is 0.498. The van der Waals surface area contributed by atoms with Crippen LogP contribution in [-0.2, 0) is 14.3 Å². The van der Waals surface area contributed by atoms with Crippen molar-refractivity contribution < 1.29 is 24.2 Å². The van der Waals surface area contributed by atoms with Crippen LogP contribution in [0.4, 0.5) is 0 Å². The molecule has 1 amide bonds. The molecule has 0 aliphatic heterocycles. The zero-order valence-electron chi connectivity index (χ0n) is 10.8. The molecule has 2 N–H and O–H groups in total. The highest BCUT2D eigenvalue weighted by molar-refractivity contribution is 7.99. The number of carboxylic acids is 1. The maximum atomic E-state index is 11.2. The monoisotopic (exact) mass is 299 g/mol. The van der Waals surface area contributed by atoms with Gasteiger partial charge in [-0.15, -0.1) is 11.8 Å². The summed E-state index contributed by atoms with van der Waals surface area (Å²) >= 11 is 1.09. The van der Waals surface area contributed by atoms with Gasteiger partial charge < -0.3 is 15.2 Å². The van der Waals surface area contributed by atoms with Crippen molar-refractivity contribution in [2.75, 3.05) is 12.9 Å². The Morgan fingerprint density at radius 3 is 2.75 bits per heavy atom. The lowest BCUT2D eigenvalue weighted by Crippen LogP contribution is -2.41. The molecule has 9 heteroatoms. The Morgan fingerprint density at radius 1 is 1.50 bits per heavy atom. The van der Waals surface area contributed by atoms with Crippen LogP contribution in [-0.4, -0.2) is 51.8 Å². The lowest BCUT2D eigenvalue weighted by molar-refractivity contribution is -0.140. The van der Waals surface area contributed by atoms with Crippen LogP contribution in [0.15, 0.2) is 17.3 Å². The zero-order valence-corrected chi connectivity index (χ0v) is 11.6. The summed E-state index contributed by atoms with van der Waals surface area (Å²) in [5, 5.41) is 11.7. The lowest BCUT2D eigenvalue weighted by Gasteiger charge is -2.12. The molecule has 0 aliphatic rings. The first-order valence-corrected chi connectivity index (χ1v) is 6.46. The van der Waals surface area contributed by atoms with Gasteiger partial charge in [0, 0.05) is 18.9 Å². The van der Waals surface area contributed by atoms with E-state index in [0.717, 1.165) is 11.8 Å². The van der Waals surface area contributed by atoms with Gasteiger partial charge in [0.05, 0.1) is 7.11 Å². The number of carbonyl (C=O) groups is 3. The number of methoxy groups -OCH3 is 1. The van der Waals surface area contributed by atoms with E-state index < -0.39 is 23.9 Å². The molecule has 0 saturated heterocycles. The summed E-state index contributed by atoms with van der Waals surface area (Å²) in [5.74, 6) is -2.29. The molecule has 20 heavy (non-hydrogen) atoms. The van der Waals surface area contributed by atoms with E-state index in [1.807, 2.05) is 0 Å². The highest BCUT2D eigenvalue weighted by Crippen LogP contribution is 2.16. The first-order chi connectivity index (χ1) is 9.43. The van der Waals surface area contributed by atoms with Crippen LogP contribution < -0.4 is 5.32 Å². The first kappa shape index (κ1) is 15.9. The van der Waals surface area contributed by atoms with Crippen LogP contribution in [0.2, 0.25) is 0 Å². The Kier molecular flexibility index (Phi) is 5.91. The van der Waals surface area contributed by atoms with Gasteiger partial charge in [0.2, 0.25) is 11.7 Å². The molecule has 1 aromatic heterocycles. The lowest BCUT2D eigenvalue weighted by atomic mass is 10.3. The molecule has 0 fully saturated rings. The number of carbonyl (C=O) groups excluding carboxylic acids is 2. The SMILES string of the molecule is COC(=O)c1nccc(SCC(NC(C)=O)C(=O)O)n1. The van der Waals surface area contributed by atoms with E-state index in [9.17, 15) is 14.4 Å². The third-order valence-electron chi connectivity index (χ3n) is 2.07. The Labute approximate surface area is 118 Å².